The van der Waals surface area contributed by atoms with Crippen LogP contribution in [-0.2, 0) is 29.2 Å². The highest BCUT2D eigenvalue weighted by Crippen LogP contribution is 2.39. The van der Waals surface area contributed by atoms with Gasteiger partial charge in [-0.25, -0.2) is 4.79 Å². The SMILES string of the molecule is O=C1N(Cc2ccccc2)C(=O)C2(CCN(CCOCc3ccccc3)CC2)N1Cc1ccccc1. The predicted octanol–water partition coefficient (Wildman–Crippen LogP) is 4.70. The van der Waals surface area contributed by atoms with Crippen molar-refractivity contribution in [3.05, 3.63) is 108 Å². The Morgan fingerprint density at radius 2 is 1.22 bits per heavy atom. The minimum absolute atomic E-state index is 0.0627. The lowest BCUT2D eigenvalue weighted by Gasteiger charge is -2.42. The van der Waals surface area contributed by atoms with Gasteiger partial charge in [0.05, 0.1) is 19.8 Å². The van der Waals surface area contributed by atoms with Gasteiger partial charge in [-0.3, -0.25) is 9.69 Å². The number of urea groups is 1. The summed E-state index contributed by atoms with van der Waals surface area (Å²) in [7, 11) is 0. The fourth-order valence-electron chi connectivity index (χ4n) is 5.26. The Labute approximate surface area is 213 Å². The Morgan fingerprint density at radius 1 is 0.694 bits per heavy atom. The van der Waals surface area contributed by atoms with Crippen LogP contribution in [-0.4, -0.2) is 58.4 Å². The van der Waals surface area contributed by atoms with Crippen LogP contribution in [0.5, 0.6) is 0 Å². The minimum atomic E-state index is -0.789. The summed E-state index contributed by atoms with van der Waals surface area (Å²) < 4.78 is 5.88. The molecule has 5 rings (SSSR count). The Hall–Kier alpha value is -3.48. The van der Waals surface area contributed by atoms with E-state index in [2.05, 4.69) is 17.0 Å². The molecule has 1 spiro atoms. The van der Waals surface area contributed by atoms with E-state index in [1.54, 1.807) is 0 Å². The smallest absolute Gasteiger partial charge is 0.328 e. The molecule has 36 heavy (non-hydrogen) atoms. The first-order valence-electron chi connectivity index (χ1n) is 12.7. The third-order valence-corrected chi connectivity index (χ3v) is 7.34. The number of piperidine rings is 1. The summed E-state index contributed by atoms with van der Waals surface area (Å²) in [5.41, 5.74) is 2.38. The molecule has 2 aliphatic heterocycles. The van der Waals surface area contributed by atoms with Gasteiger partial charge in [0.2, 0.25) is 0 Å². The Kier molecular flexibility index (Phi) is 7.44. The van der Waals surface area contributed by atoms with Gasteiger partial charge in [0.15, 0.2) is 0 Å². The van der Waals surface area contributed by atoms with E-state index in [0.717, 1.165) is 30.8 Å². The van der Waals surface area contributed by atoms with Crippen LogP contribution < -0.4 is 0 Å². The van der Waals surface area contributed by atoms with Crippen LogP contribution in [0.15, 0.2) is 91.0 Å². The molecule has 2 aliphatic rings. The summed E-state index contributed by atoms with van der Waals surface area (Å²) in [4.78, 5) is 33.1. The van der Waals surface area contributed by atoms with E-state index >= 15 is 0 Å². The van der Waals surface area contributed by atoms with Crippen LogP contribution in [0.25, 0.3) is 0 Å². The molecule has 2 heterocycles. The number of carbonyl (C=O) groups is 2. The van der Waals surface area contributed by atoms with Gasteiger partial charge < -0.3 is 14.5 Å². The van der Waals surface area contributed by atoms with Crippen LogP contribution in [0.4, 0.5) is 4.79 Å². The van der Waals surface area contributed by atoms with Crippen molar-refractivity contribution in [2.75, 3.05) is 26.2 Å². The summed E-state index contributed by atoms with van der Waals surface area (Å²) in [6.07, 6.45) is 1.27. The van der Waals surface area contributed by atoms with Crippen molar-refractivity contribution < 1.29 is 14.3 Å². The number of likely N-dealkylation sites (tertiary alicyclic amines) is 1. The lowest BCUT2D eigenvalue weighted by molar-refractivity contribution is -0.136. The fourth-order valence-corrected chi connectivity index (χ4v) is 5.26. The zero-order chi connectivity index (χ0) is 24.8. The summed E-state index contributed by atoms with van der Waals surface area (Å²) in [5, 5.41) is 0. The third-order valence-electron chi connectivity index (χ3n) is 7.34. The van der Waals surface area contributed by atoms with Crippen LogP contribution >= 0.6 is 0 Å². The number of benzene rings is 3. The second-order valence-corrected chi connectivity index (χ2v) is 9.64. The van der Waals surface area contributed by atoms with Gasteiger partial charge >= 0.3 is 6.03 Å². The predicted molar refractivity (Wildman–Crippen MR) is 139 cm³/mol. The van der Waals surface area contributed by atoms with Crippen molar-refractivity contribution in [2.45, 2.75) is 38.1 Å². The monoisotopic (exact) mass is 483 g/mol. The van der Waals surface area contributed by atoms with E-state index in [9.17, 15) is 9.59 Å². The zero-order valence-electron chi connectivity index (χ0n) is 20.6. The van der Waals surface area contributed by atoms with Crippen molar-refractivity contribution >= 4 is 11.9 Å². The molecule has 3 aromatic carbocycles. The second-order valence-electron chi connectivity index (χ2n) is 9.64. The quantitative estimate of drug-likeness (QED) is 0.327. The maximum atomic E-state index is 13.8. The van der Waals surface area contributed by atoms with Crippen LogP contribution in [0, 0.1) is 0 Å². The van der Waals surface area contributed by atoms with E-state index in [4.69, 9.17) is 4.74 Å². The molecule has 0 atom stereocenters. The Balaban J connectivity index is 1.25. The van der Waals surface area contributed by atoms with Gasteiger partial charge in [0.1, 0.15) is 5.54 Å². The summed E-state index contributed by atoms with van der Waals surface area (Å²) in [5.74, 6) is -0.0627. The summed E-state index contributed by atoms with van der Waals surface area (Å²) >= 11 is 0. The molecule has 0 N–H and O–H groups in total. The highest BCUT2D eigenvalue weighted by Gasteiger charge is 2.57. The molecule has 0 aromatic heterocycles. The van der Waals surface area contributed by atoms with Gasteiger partial charge in [-0.05, 0) is 29.5 Å². The average Bonchev–Trinajstić information content (AvgIpc) is 3.11. The number of ether oxygens (including phenoxy) is 1. The fraction of sp³-hybridized carbons (Fsp3) is 0.333. The lowest BCUT2D eigenvalue weighted by atomic mass is 9.85. The first kappa shape index (κ1) is 24.2. The standard InChI is InChI=1S/C30H33N3O3/c34-28-30(16-18-31(19-17-30)20-21-36-24-27-14-8-3-9-15-27)33(23-26-12-6-2-7-13-26)29(35)32(28)22-25-10-4-1-5-11-25/h1-15H,16-24H2. The third kappa shape index (κ3) is 5.20. The number of carbonyl (C=O) groups excluding carboxylic acids is 2. The second kappa shape index (κ2) is 11.1. The molecule has 186 valence electrons. The minimum Gasteiger partial charge on any atom is -0.375 e. The van der Waals surface area contributed by atoms with Crippen molar-refractivity contribution in [2.24, 2.45) is 0 Å². The maximum Gasteiger partial charge on any atom is 0.328 e. The maximum absolute atomic E-state index is 13.8. The number of rotatable bonds is 9. The van der Waals surface area contributed by atoms with Crippen LogP contribution in [0.2, 0.25) is 0 Å². The van der Waals surface area contributed by atoms with Crippen molar-refractivity contribution in [3.8, 4) is 0 Å². The number of amides is 3. The van der Waals surface area contributed by atoms with Gasteiger partial charge in [0, 0.05) is 26.2 Å². The molecule has 6 nitrogen and oxygen atoms in total. The number of hydrogen-bond acceptors (Lipinski definition) is 4. The van der Waals surface area contributed by atoms with E-state index in [0.29, 0.717) is 39.1 Å². The highest BCUT2D eigenvalue weighted by atomic mass is 16.5. The number of nitrogens with zero attached hydrogens (tertiary/aromatic N) is 3. The lowest BCUT2D eigenvalue weighted by Crippen LogP contribution is -2.56. The van der Waals surface area contributed by atoms with E-state index in [1.165, 1.54) is 10.5 Å². The van der Waals surface area contributed by atoms with Gasteiger partial charge in [0.25, 0.3) is 5.91 Å². The van der Waals surface area contributed by atoms with Gasteiger partial charge in [-0.15, -0.1) is 0 Å². The molecule has 0 unspecified atom stereocenters. The highest BCUT2D eigenvalue weighted by molar-refractivity contribution is 6.07. The Bertz CT molecular complexity index is 1150. The number of imide groups is 1. The molecule has 0 aliphatic carbocycles. The van der Waals surface area contributed by atoms with Crippen molar-refractivity contribution in [1.29, 1.82) is 0 Å². The zero-order valence-corrected chi connectivity index (χ0v) is 20.6. The molecule has 0 radical (unpaired) electrons. The van der Waals surface area contributed by atoms with Gasteiger partial charge in [-0.2, -0.15) is 0 Å². The van der Waals surface area contributed by atoms with E-state index in [-0.39, 0.29) is 11.9 Å². The van der Waals surface area contributed by atoms with Crippen molar-refractivity contribution in [1.82, 2.24) is 14.7 Å². The van der Waals surface area contributed by atoms with Crippen molar-refractivity contribution in [3.63, 3.8) is 0 Å². The Morgan fingerprint density at radius 3 is 1.81 bits per heavy atom. The normalized spacial score (nSPS) is 17.8. The molecule has 6 heteroatoms. The molecular formula is C30H33N3O3. The molecule has 0 bridgehead atoms. The molecular weight excluding hydrogens is 450 g/mol. The topological polar surface area (TPSA) is 53.1 Å². The first-order valence-corrected chi connectivity index (χ1v) is 12.7. The summed E-state index contributed by atoms with van der Waals surface area (Å²) in [6.45, 7) is 4.33. The molecule has 3 amide bonds. The molecule has 3 aromatic rings. The van der Waals surface area contributed by atoms with E-state index < -0.39 is 5.54 Å². The molecule has 2 saturated heterocycles. The molecule has 0 saturated carbocycles. The molecule has 2 fully saturated rings. The van der Waals surface area contributed by atoms with Gasteiger partial charge in [-0.1, -0.05) is 91.0 Å². The number of hydrogen-bond donors (Lipinski definition) is 0. The average molecular weight is 484 g/mol. The van der Waals surface area contributed by atoms with E-state index in [1.807, 2.05) is 83.8 Å². The first-order chi connectivity index (χ1) is 17.7. The van der Waals surface area contributed by atoms with Crippen LogP contribution in [0.1, 0.15) is 29.5 Å². The van der Waals surface area contributed by atoms with Crippen LogP contribution in [0.3, 0.4) is 0 Å². The largest absolute Gasteiger partial charge is 0.375 e. The summed E-state index contributed by atoms with van der Waals surface area (Å²) in [6, 6.07) is 29.7.